The van der Waals surface area contributed by atoms with Crippen LogP contribution in [-0.2, 0) is 24.9 Å². The fourth-order valence-electron chi connectivity index (χ4n) is 4.57. The first-order valence-electron chi connectivity index (χ1n) is 10.8. The van der Waals surface area contributed by atoms with E-state index in [1.165, 1.54) is 28.4 Å². The second-order valence-corrected chi connectivity index (χ2v) is 8.29. The van der Waals surface area contributed by atoms with E-state index in [1.54, 1.807) is 14.2 Å². The van der Waals surface area contributed by atoms with Gasteiger partial charge in [-0.25, -0.2) is 4.79 Å². The highest BCUT2D eigenvalue weighted by molar-refractivity contribution is 5.76. The highest BCUT2D eigenvalue weighted by Gasteiger charge is 2.22. The summed E-state index contributed by atoms with van der Waals surface area (Å²) in [6.45, 7) is 8.65. The van der Waals surface area contributed by atoms with Crippen LogP contribution in [0.25, 0.3) is 16.9 Å². The van der Waals surface area contributed by atoms with Gasteiger partial charge in [-0.05, 0) is 46.2 Å². The Labute approximate surface area is 175 Å². The van der Waals surface area contributed by atoms with Crippen molar-refractivity contribution in [3.8, 4) is 0 Å². The topological polar surface area (TPSA) is 78.7 Å². The minimum absolute atomic E-state index is 0.255. The Morgan fingerprint density at radius 3 is 2.40 bits per heavy atom. The number of hydrogen-bond donors (Lipinski definition) is 0. The molecular formula is C21H32N6O3. The molecule has 1 fully saturated rings. The molecule has 0 unspecified atom stereocenters. The molecular weight excluding hydrogens is 384 g/mol. The molecule has 9 nitrogen and oxygen atoms in total. The van der Waals surface area contributed by atoms with E-state index in [9.17, 15) is 9.59 Å². The summed E-state index contributed by atoms with van der Waals surface area (Å²) in [4.78, 5) is 33.4. The molecule has 164 valence electrons. The summed E-state index contributed by atoms with van der Waals surface area (Å²) in [6.07, 6.45) is 4.48. The van der Waals surface area contributed by atoms with E-state index in [1.807, 2.05) is 18.2 Å². The van der Waals surface area contributed by atoms with Gasteiger partial charge in [0.1, 0.15) is 0 Å². The van der Waals surface area contributed by atoms with Crippen molar-refractivity contribution in [3.05, 3.63) is 32.2 Å². The van der Waals surface area contributed by atoms with Crippen LogP contribution in [0.5, 0.6) is 0 Å². The third-order valence-electron chi connectivity index (χ3n) is 6.45. The van der Waals surface area contributed by atoms with E-state index in [0.29, 0.717) is 30.1 Å². The maximum atomic E-state index is 13.4. The van der Waals surface area contributed by atoms with Gasteiger partial charge in [-0.2, -0.15) is 4.98 Å². The van der Waals surface area contributed by atoms with Gasteiger partial charge in [0.05, 0.1) is 0 Å². The highest BCUT2D eigenvalue weighted by Crippen LogP contribution is 2.21. The van der Waals surface area contributed by atoms with Crippen LogP contribution < -0.4 is 11.2 Å². The standard InChI is InChI=1S/C21H32N6O3/c1-15-16(2)27-17-18(22-20(27)25(15)11-8-14-30-4)23(3)21(29)26(19(17)28)13-12-24-9-6-5-7-10-24/h5-14H2,1-4H3. The molecule has 1 aliphatic heterocycles. The molecule has 3 aromatic heterocycles. The number of rotatable bonds is 7. The van der Waals surface area contributed by atoms with E-state index in [2.05, 4.69) is 9.47 Å². The van der Waals surface area contributed by atoms with Gasteiger partial charge < -0.3 is 14.2 Å². The van der Waals surface area contributed by atoms with Crippen LogP contribution in [0.1, 0.15) is 37.1 Å². The summed E-state index contributed by atoms with van der Waals surface area (Å²) in [5.41, 5.74) is 2.42. The van der Waals surface area contributed by atoms with Crippen LogP contribution in [0, 0.1) is 13.8 Å². The molecule has 0 aromatic carbocycles. The Balaban J connectivity index is 1.81. The minimum Gasteiger partial charge on any atom is -0.385 e. The molecule has 30 heavy (non-hydrogen) atoms. The van der Waals surface area contributed by atoms with Gasteiger partial charge in [-0.15, -0.1) is 0 Å². The highest BCUT2D eigenvalue weighted by atomic mass is 16.5. The Bertz CT molecular complexity index is 1180. The predicted octanol–water partition coefficient (Wildman–Crippen LogP) is 1.29. The molecule has 1 saturated heterocycles. The zero-order valence-corrected chi connectivity index (χ0v) is 18.5. The molecule has 3 aromatic rings. The predicted molar refractivity (Wildman–Crippen MR) is 116 cm³/mol. The molecule has 9 heteroatoms. The first-order chi connectivity index (χ1) is 14.5. The fourth-order valence-corrected chi connectivity index (χ4v) is 4.57. The number of nitrogens with zero attached hydrogens (tertiary/aromatic N) is 6. The van der Waals surface area contributed by atoms with Gasteiger partial charge in [0.2, 0.25) is 5.78 Å². The first-order valence-corrected chi connectivity index (χ1v) is 10.8. The number of ether oxygens (including phenoxy) is 1. The summed E-state index contributed by atoms with van der Waals surface area (Å²) in [5.74, 6) is 0.706. The minimum atomic E-state index is -0.300. The SMILES string of the molecule is COCCCn1c(C)c(C)n2c3c(=O)n(CCN4CCCCC4)c(=O)n(C)c3nc12. The maximum absolute atomic E-state index is 13.4. The molecule has 4 rings (SSSR count). The van der Waals surface area contributed by atoms with Crippen LogP contribution in [0.4, 0.5) is 0 Å². The lowest BCUT2D eigenvalue weighted by atomic mass is 10.1. The van der Waals surface area contributed by atoms with Crippen LogP contribution in [0.15, 0.2) is 9.59 Å². The third kappa shape index (κ3) is 3.39. The van der Waals surface area contributed by atoms with Crippen LogP contribution in [0.2, 0.25) is 0 Å². The molecule has 0 aliphatic carbocycles. The van der Waals surface area contributed by atoms with E-state index >= 15 is 0 Å². The summed E-state index contributed by atoms with van der Waals surface area (Å²) >= 11 is 0. The van der Waals surface area contributed by atoms with Gasteiger partial charge in [0, 0.05) is 51.8 Å². The molecule has 0 radical (unpaired) electrons. The number of piperidine rings is 1. The number of likely N-dealkylation sites (tertiary alicyclic amines) is 1. The maximum Gasteiger partial charge on any atom is 0.332 e. The Morgan fingerprint density at radius 2 is 1.70 bits per heavy atom. The van der Waals surface area contributed by atoms with Gasteiger partial charge in [-0.3, -0.25) is 18.3 Å². The average Bonchev–Trinajstić information content (AvgIpc) is 3.24. The molecule has 1 aliphatic rings. The molecule has 0 atom stereocenters. The number of methoxy groups -OCH3 is 1. The number of hydrogen-bond acceptors (Lipinski definition) is 5. The lowest BCUT2D eigenvalue weighted by molar-refractivity contribution is 0.190. The lowest BCUT2D eigenvalue weighted by Gasteiger charge is -2.26. The number of aryl methyl sites for hydroxylation is 3. The monoisotopic (exact) mass is 416 g/mol. The van der Waals surface area contributed by atoms with Crippen molar-refractivity contribution in [2.45, 2.75) is 52.6 Å². The van der Waals surface area contributed by atoms with Crippen LogP contribution in [-0.4, -0.2) is 61.3 Å². The van der Waals surface area contributed by atoms with Gasteiger partial charge in [0.15, 0.2) is 11.2 Å². The smallest absolute Gasteiger partial charge is 0.332 e. The average molecular weight is 417 g/mol. The molecule has 0 saturated carbocycles. The van der Waals surface area contributed by atoms with Crippen molar-refractivity contribution in [2.24, 2.45) is 7.05 Å². The van der Waals surface area contributed by atoms with E-state index in [4.69, 9.17) is 9.72 Å². The van der Waals surface area contributed by atoms with E-state index in [-0.39, 0.29) is 11.2 Å². The first kappa shape index (κ1) is 20.9. The van der Waals surface area contributed by atoms with Gasteiger partial charge in [0.25, 0.3) is 5.56 Å². The Kier molecular flexibility index (Phi) is 5.84. The van der Waals surface area contributed by atoms with Crippen molar-refractivity contribution < 1.29 is 4.74 Å². The normalized spacial score (nSPS) is 15.6. The summed E-state index contributed by atoms with van der Waals surface area (Å²) in [6, 6.07) is 0. The number of imidazole rings is 2. The van der Waals surface area contributed by atoms with Crippen molar-refractivity contribution in [1.82, 2.24) is 28.0 Å². The van der Waals surface area contributed by atoms with Crippen molar-refractivity contribution in [3.63, 3.8) is 0 Å². The molecule has 0 amide bonds. The molecule has 4 heterocycles. The summed E-state index contributed by atoms with van der Waals surface area (Å²) < 4.78 is 12.1. The quantitative estimate of drug-likeness (QED) is 0.543. The molecule has 0 bridgehead atoms. The van der Waals surface area contributed by atoms with E-state index < -0.39 is 0 Å². The second kappa shape index (κ2) is 8.39. The van der Waals surface area contributed by atoms with Crippen molar-refractivity contribution in [1.29, 1.82) is 0 Å². The van der Waals surface area contributed by atoms with Crippen LogP contribution in [0.3, 0.4) is 0 Å². The summed E-state index contributed by atoms with van der Waals surface area (Å²) in [5, 5.41) is 0. The van der Waals surface area contributed by atoms with Crippen LogP contribution >= 0.6 is 0 Å². The fraction of sp³-hybridized carbons (Fsp3) is 0.667. The Hall–Kier alpha value is -2.39. The number of fused-ring (bicyclic) bond motifs is 3. The van der Waals surface area contributed by atoms with Crippen molar-refractivity contribution >= 4 is 16.9 Å². The zero-order chi connectivity index (χ0) is 21.4. The zero-order valence-electron chi connectivity index (χ0n) is 18.5. The van der Waals surface area contributed by atoms with E-state index in [0.717, 1.165) is 44.0 Å². The largest absolute Gasteiger partial charge is 0.385 e. The van der Waals surface area contributed by atoms with Gasteiger partial charge >= 0.3 is 5.69 Å². The summed E-state index contributed by atoms with van der Waals surface area (Å²) in [7, 11) is 3.39. The number of aromatic nitrogens is 5. The Morgan fingerprint density at radius 1 is 0.967 bits per heavy atom. The molecule has 0 N–H and O–H groups in total. The molecule has 0 spiro atoms. The third-order valence-corrected chi connectivity index (χ3v) is 6.45. The lowest BCUT2D eigenvalue weighted by Crippen LogP contribution is -2.43. The van der Waals surface area contributed by atoms with Crippen molar-refractivity contribution in [2.75, 3.05) is 33.4 Å². The van der Waals surface area contributed by atoms with Gasteiger partial charge in [-0.1, -0.05) is 6.42 Å². The second-order valence-electron chi connectivity index (χ2n) is 8.29.